The van der Waals surface area contributed by atoms with E-state index >= 15 is 0 Å². The molecule has 1 aliphatic rings. The van der Waals surface area contributed by atoms with Crippen molar-refractivity contribution in [2.24, 2.45) is 12.1 Å². The Hall–Kier alpha value is -3.42. The summed E-state index contributed by atoms with van der Waals surface area (Å²) in [6.07, 6.45) is 3.70. The van der Waals surface area contributed by atoms with Crippen LogP contribution in [0.4, 0.5) is 5.95 Å². The molecule has 1 aliphatic heterocycles. The van der Waals surface area contributed by atoms with E-state index in [0.717, 1.165) is 11.3 Å². The topological polar surface area (TPSA) is 86.2 Å². The van der Waals surface area contributed by atoms with Crippen LogP contribution in [0, 0.1) is 0 Å². The summed E-state index contributed by atoms with van der Waals surface area (Å²) < 4.78 is 4.38. The summed E-state index contributed by atoms with van der Waals surface area (Å²) >= 11 is 0. The Morgan fingerprint density at radius 1 is 1.23 bits per heavy atom. The minimum Gasteiger partial charge on any atom is -0.297 e. The van der Waals surface area contributed by atoms with Crippen LogP contribution in [0.15, 0.2) is 51.1 Å². The molecule has 0 bridgehead atoms. The normalized spacial score (nSPS) is 13.7. The van der Waals surface area contributed by atoms with Crippen LogP contribution < -0.4 is 16.7 Å². The highest BCUT2D eigenvalue weighted by Gasteiger charge is 2.21. The lowest BCUT2D eigenvalue weighted by molar-refractivity contribution is 0.665. The molecule has 132 valence electrons. The van der Waals surface area contributed by atoms with E-state index in [2.05, 4.69) is 15.5 Å². The van der Waals surface area contributed by atoms with Crippen LogP contribution in [0.1, 0.15) is 12.5 Å². The van der Waals surface area contributed by atoms with Gasteiger partial charge in [-0.1, -0.05) is 42.5 Å². The maximum Gasteiger partial charge on any atom is 0.332 e. The Morgan fingerprint density at radius 3 is 2.77 bits per heavy atom. The van der Waals surface area contributed by atoms with E-state index in [0.29, 0.717) is 23.7 Å². The minimum atomic E-state index is -0.395. The van der Waals surface area contributed by atoms with Gasteiger partial charge < -0.3 is 0 Å². The van der Waals surface area contributed by atoms with Crippen LogP contribution in [-0.2, 0) is 20.1 Å². The van der Waals surface area contributed by atoms with Gasteiger partial charge in [-0.2, -0.15) is 10.1 Å². The highest BCUT2D eigenvalue weighted by atomic mass is 16.2. The van der Waals surface area contributed by atoms with Crippen molar-refractivity contribution < 1.29 is 0 Å². The molecule has 1 N–H and O–H groups in total. The molecular weight excluding hydrogens is 332 g/mol. The molecule has 0 spiro atoms. The van der Waals surface area contributed by atoms with Crippen molar-refractivity contribution in [3.05, 3.63) is 62.8 Å². The molecule has 26 heavy (non-hydrogen) atoms. The molecular formula is C18H18N6O2. The predicted molar refractivity (Wildman–Crippen MR) is 101 cm³/mol. The fraction of sp³-hybridized carbons (Fsp3) is 0.222. The molecule has 0 saturated heterocycles. The van der Waals surface area contributed by atoms with E-state index in [4.69, 9.17) is 0 Å². The summed E-state index contributed by atoms with van der Waals surface area (Å²) in [5.41, 5.74) is 4.68. The van der Waals surface area contributed by atoms with E-state index in [1.165, 1.54) is 9.13 Å². The average molecular weight is 350 g/mol. The molecule has 0 fully saturated rings. The maximum atomic E-state index is 13.0. The third kappa shape index (κ3) is 2.55. The van der Waals surface area contributed by atoms with Crippen LogP contribution in [0.5, 0.6) is 0 Å². The lowest BCUT2D eigenvalue weighted by Crippen LogP contribution is -2.39. The van der Waals surface area contributed by atoms with Gasteiger partial charge in [-0.15, -0.1) is 0 Å². The predicted octanol–water partition coefficient (Wildman–Crippen LogP) is 1.41. The van der Waals surface area contributed by atoms with Crippen LogP contribution in [0.3, 0.4) is 0 Å². The smallest absolute Gasteiger partial charge is 0.297 e. The number of benzene rings is 1. The number of aryl methyl sites for hydroxylation is 1. The van der Waals surface area contributed by atoms with Crippen LogP contribution in [-0.4, -0.2) is 24.4 Å². The van der Waals surface area contributed by atoms with Gasteiger partial charge in [0.15, 0.2) is 11.2 Å². The molecule has 0 amide bonds. The maximum absolute atomic E-state index is 13.0. The quantitative estimate of drug-likeness (QED) is 0.774. The summed E-state index contributed by atoms with van der Waals surface area (Å²) in [4.78, 5) is 29.9. The monoisotopic (exact) mass is 350 g/mol. The van der Waals surface area contributed by atoms with Gasteiger partial charge in [0.2, 0.25) is 5.95 Å². The fourth-order valence-corrected chi connectivity index (χ4v) is 3.04. The molecule has 3 heterocycles. The van der Waals surface area contributed by atoms with Gasteiger partial charge in [-0.25, -0.2) is 10.2 Å². The van der Waals surface area contributed by atoms with Crippen molar-refractivity contribution in [3.8, 4) is 0 Å². The van der Waals surface area contributed by atoms with Crippen molar-refractivity contribution in [1.29, 1.82) is 0 Å². The molecule has 8 nitrogen and oxygen atoms in total. The van der Waals surface area contributed by atoms with Crippen molar-refractivity contribution in [2.45, 2.75) is 20.0 Å². The van der Waals surface area contributed by atoms with Gasteiger partial charge in [0, 0.05) is 13.6 Å². The molecule has 0 unspecified atom stereocenters. The van der Waals surface area contributed by atoms with E-state index in [1.807, 2.05) is 49.4 Å². The zero-order valence-electron chi connectivity index (χ0n) is 14.5. The number of imidazole rings is 1. The summed E-state index contributed by atoms with van der Waals surface area (Å²) in [6, 6.07) is 9.73. The number of allylic oxidation sites excluding steroid dienone is 1. The Balaban J connectivity index is 1.81. The SMILES string of the molecule is CC1=NNc2nc3c(c(=O)n(CC=Cc4ccccc4)c(=O)n3C)n2C1. The zero-order chi connectivity index (χ0) is 18.3. The van der Waals surface area contributed by atoms with Crippen molar-refractivity contribution >= 4 is 28.9 Å². The van der Waals surface area contributed by atoms with E-state index in [-0.39, 0.29) is 12.1 Å². The largest absolute Gasteiger partial charge is 0.332 e. The van der Waals surface area contributed by atoms with Gasteiger partial charge in [0.1, 0.15) is 0 Å². The Labute approximate surface area is 148 Å². The first-order valence-electron chi connectivity index (χ1n) is 8.27. The molecule has 2 aromatic heterocycles. The number of anilines is 1. The number of nitrogens with zero attached hydrogens (tertiary/aromatic N) is 5. The Kier molecular flexibility index (Phi) is 3.80. The molecule has 0 radical (unpaired) electrons. The van der Waals surface area contributed by atoms with E-state index < -0.39 is 5.69 Å². The zero-order valence-corrected chi connectivity index (χ0v) is 14.5. The average Bonchev–Trinajstić information content (AvgIpc) is 3.02. The van der Waals surface area contributed by atoms with Crippen LogP contribution in [0.25, 0.3) is 17.2 Å². The number of aromatic nitrogens is 4. The molecule has 0 atom stereocenters. The molecule has 1 aromatic carbocycles. The lowest BCUT2D eigenvalue weighted by Gasteiger charge is -2.13. The van der Waals surface area contributed by atoms with Crippen molar-refractivity contribution in [1.82, 2.24) is 18.7 Å². The highest BCUT2D eigenvalue weighted by molar-refractivity contribution is 5.87. The van der Waals surface area contributed by atoms with Crippen molar-refractivity contribution in [3.63, 3.8) is 0 Å². The molecule has 3 aromatic rings. The molecule has 0 saturated carbocycles. The summed E-state index contributed by atoms with van der Waals surface area (Å²) in [5, 5.41) is 4.13. The highest BCUT2D eigenvalue weighted by Crippen LogP contribution is 2.18. The number of hydrazone groups is 1. The van der Waals surface area contributed by atoms with Gasteiger partial charge in [-0.3, -0.25) is 18.5 Å². The molecule has 4 rings (SSSR count). The number of nitrogens with one attached hydrogen (secondary N) is 1. The molecule has 0 aliphatic carbocycles. The Morgan fingerprint density at radius 2 is 2.00 bits per heavy atom. The lowest BCUT2D eigenvalue weighted by atomic mass is 10.2. The van der Waals surface area contributed by atoms with Gasteiger partial charge in [-0.05, 0) is 12.5 Å². The van der Waals surface area contributed by atoms with Crippen molar-refractivity contribution in [2.75, 3.05) is 5.43 Å². The second-order valence-electron chi connectivity index (χ2n) is 6.22. The number of fused-ring (bicyclic) bond motifs is 3. The van der Waals surface area contributed by atoms with E-state index in [1.54, 1.807) is 11.6 Å². The standard InChI is InChI=1S/C18H18N6O2/c1-12-11-24-14-15(19-17(24)21-20-12)22(2)18(26)23(16(14)25)10-6-9-13-7-4-3-5-8-13/h3-9H,10-11H2,1-2H3,(H,19,21). The first kappa shape index (κ1) is 16.1. The van der Waals surface area contributed by atoms with Crippen LogP contribution >= 0.6 is 0 Å². The van der Waals surface area contributed by atoms with Gasteiger partial charge in [0.05, 0.1) is 12.3 Å². The first-order valence-corrected chi connectivity index (χ1v) is 8.27. The third-order valence-electron chi connectivity index (χ3n) is 4.36. The fourth-order valence-electron chi connectivity index (χ4n) is 3.04. The number of hydrogen-bond donors (Lipinski definition) is 1. The van der Waals surface area contributed by atoms with Gasteiger partial charge >= 0.3 is 5.69 Å². The second kappa shape index (κ2) is 6.14. The van der Waals surface area contributed by atoms with E-state index in [9.17, 15) is 9.59 Å². The Bertz CT molecular complexity index is 1160. The minimum absolute atomic E-state index is 0.192. The van der Waals surface area contributed by atoms with Crippen LogP contribution in [0.2, 0.25) is 0 Å². The number of hydrogen-bond acceptors (Lipinski definition) is 5. The summed E-state index contributed by atoms with van der Waals surface area (Å²) in [7, 11) is 1.62. The first-order chi connectivity index (χ1) is 12.6. The second-order valence-corrected chi connectivity index (χ2v) is 6.22. The molecule has 8 heteroatoms. The number of rotatable bonds is 3. The summed E-state index contributed by atoms with van der Waals surface area (Å²) in [5.74, 6) is 0.468. The summed E-state index contributed by atoms with van der Waals surface area (Å²) in [6.45, 7) is 2.52. The third-order valence-corrected chi connectivity index (χ3v) is 4.36. The van der Waals surface area contributed by atoms with Gasteiger partial charge in [0.25, 0.3) is 5.56 Å².